The number of rotatable bonds is 6. The van der Waals surface area contributed by atoms with Crippen molar-refractivity contribution in [3.8, 4) is 23.8 Å². The van der Waals surface area contributed by atoms with Crippen molar-refractivity contribution in [2.45, 2.75) is 44.3 Å². The molecule has 0 saturated carbocycles. The van der Waals surface area contributed by atoms with Gasteiger partial charge in [-0.2, -0.15) is 15.5 Å². The number of fused-ring (bicyclic) bond motifs is 2. The van der Waals surface area contributed by atoms with Crippen LogP contribution in [0.25, 0.3) is 10.8 Å². The fourth-order valence-electron chi connectivity index (χ4n) is 6.44. The molecule has 0 amide bonds. The van der Waals surface area contributed by atoms with Crippen LogP contribution in [0.1, 0.15) is 36.0 Å². The number of nitrogens with zero attached hydrogens (tertiary/aromatic N) is 6. The van der Waals surface area contributed by atoms with Crippen LogP contribution in [0, 0.1) is 22.7 Å². The first-order valence-corrected chi connectivity index (χ1v) is 14.2. The molecule has 0 aliphatic carbocycles. The van der Waals surface area contributed by atoms with E-state index >= 15 is 0 Å². The number of nitriles is 2. The number of piperazine rings is 1. The average molecular weight is 538 g/mol. The number of hydrogen-bond donors (Lipinski definition) is 2. The van der Waals surface area contributed by atoms with E-state index in [9.17, 15) is 15.6 Å². The van der Waals surface area contributed by atoms with E-state index < -0.39 is 0 Å². The van der Waals surface area contributed by atoms with Gasteiger partial charge in [-0.25, -0.2) is 0 Å². The molecular formula is C31H35N7O2. The minimum atomic E-state index is 0.0714. The number of phenols is 1. The molecule has 206 valence electrons. The molecule has 3 aliphatic heterocycles. The van der Waals surface area contributed by atoms with Crippen LogP contribution in [0.3, 0.4) is 0 Å². The lowest BCUT2D eigenvalue weighted by Crippen LogP contribution is -2.51. The quantitative estimate of drug-likeness (QED) is 0.488. The van der Waals surface area contributed by atoms with Gasteiger partial charge in [-0.15, -0.1) is 0 Å². The van der Waals surface area contributed by atoms with E-state index in [0.717, 1.165) is 78.8 Å². The molecule has 1 aromatic heterocycles. The summed E-state index contributed by atoms with van der Waals surface area (Å²) in [5, 5.41) is 35.7. The molecule has 0 bridgehead atoms. The Morgan fingerprint density at radius 3 is 2.80 bits per heavy atom. The lowest BCUT2D eigenvalue weighted by atomic mass is 9.94. The number of likely N-dealkylation sites (tertiary alicyclic amines) is 1. The van der Waals surface area contributed by atoms with Gasteiger partial charge in [-0.05, 0) is 44.3 Å². The number of benzene rings is 2. The summed E-state index contributed by atoms with van der Waals surface area (Å²) in [6.45, 7) is 5.04. The first kappa shape index (κ1) is 26.2. The topological polar surface area (TPSA) is 112 Å². The van der Waals surface area contributed by atoms with Crippen molar-refractivity contribution in [3.05, 3.63) is 53.1 Å². The second kappa shape index (κ2) is 11.2. The van der Waals surface area contributed by atoms with Crippen LogP contribution < -0.4 is 19.9 Å². The summed E-state index contributed by atoms with van der Waals surface area (Å²) in [6, 6.07) is 16.8. The summed E-state index contributed by atoms with van der Waals surface area (Å²) < 4.78 is 6.36. The van der Waals surface area contributed by atoms with E-state index in [1.54, 1.807) is 6.07 Å². The Morgan fingerprint density at radius 1 is 1.12 bits per heavy atom. The van der Waals surface area contributed by atoms with Crippen molar-refractivity contribution < 1.29 is 9.84 Å². The number of anilines is 2. The van der Waals surface area contributed by atoms with Crippen molar-refractivity contribution in [1.82, 2.24) is 15.2 Å². The maximum Gasteiger partial charge on any atom is 0.234 e. The molecular weight excluding hydrogens is 502 g/mol. The molecule has 2 aromatic carbocycles. The molecule has 2 N–H and O–H groups in total. The highest BCUT2D eigenvalue weighted by Gasteiger charge is 2.32. The van der Waals surface area contributed by atoms with E-state index in [2.05, 4.69) is 45.3 Å². The fourth-order valence-corrected chi connectivity index (χ4v) is 6.44. The SMILES string of the molecule is CN1CCC[C@H]1COc1nc(N2CCN[C@H](CC#N)C2)c2c(c1C#N)CN(c1cc(O)cc3ccccc13)CC2. The van der Waals surface area contributed by atoms with Crippen LogP contribution in [0.2, 0.25) is 0 Å². The number of phenolic OH excluding ortho intramolecular Hbond substituents is 1. The van der Waals surface area contributed by atoms with E-state index in [0.29, 0.717) is 43.6 Å². The minimum Gasteiger partial charge on any atom is -0.508 e. The van der Waals surface area contributed by atoms with Crippen LogP contribution in [0.15, 0.2) is 36.4 Å². The summed E-state index contributed by atoms with van der Waals surface area (Å²) in [7, 11) is 2.12. The van der Waals surface area contributed by atoms with Crippen molar-refractivity contribution >= 4 is 22.3 Å². The Bertz CT molecular complexity index is 1490. The van der Waals surface area contributed by atoms with Gasteiger partial charge in [0.15, 0.2) is 0 Å². The molecule has 2 atom stereocenters. The zero-order valence-corrected chi connectivity index (χ0v) is 22.9. The van der Waals surface area contributed by atoms with Gasteiger partial charge in [-0.1, -0.05) is 24.3 Å². The predicted octanol–water partition coefficient (Wildman–Crippen LogP) is 3.54. The van der Waals surface area contributed by atoms with E-state index in [1.165, 1.54) is 0 Å². The van der Waals surface area contributed by atoms with Crippen molar-refractivity contribution in [2.24, 2.45) is 0 Å². The Labute approximate surface area is 235 Å². The molecule has 9 nitrogen and oxygen atoms in total. The summed E-state index contributed by atoms with van der Waals surface area (Å²) in [4.78, 5) is 11.8. The number of likely N-dealkylation sites (N-methyl/N-ethyl adjacent to an activating group) is 1. The first-order chi connectivity index (χ1) is 19.6. The third-order valence-corrected chi connectivity index (χ3v) is 8.59. The summed E-state index contributed by atoms with van der Waals surface area (Å²) in [5.74, 6) is 1.49. The number of hydrogen-bond acceptors (Lipinski definition) is 9. The molecule has 0 unspecified atom stereocenters. The second-order valence-corrected chi connectivity index (χ2v) is 11.1. The molecule has 3 aliphatic rings. The Balaban J connectivity index is 1.41. The fraction of sp³-hybridized carbons (Fsp3) is 0.452. The minimum absolute atomic E-state index is 0.0714. The van der Waals surface area contributed by atoms with Crippen LogP contribution in [-0.4, -0.2) is 73.5 Å². The molecule has 9 heteroatoms. The highest BCUT2D eigenvalue weighted by Crippen LogP contribution is 2.39. The highest BCUT2D eigenvalue weighted by molar-refractivity contribution is 5.95. The third-order valence-electron chi connectivity index (χ3n) is 8.59. The molecule has 2 fully saturated rings. The van der Waals surface area contributed by atoms with Gasteiger partial charge in [0, 0.05) is 73.1 Å². The predicted molar refractivity (Wildman–Crippen MR) is 155 cm³/mol. The Morgan fingerprint density at radius 2 is 2.00 bits per heavy atom. The maximum atomic E-state index is 10.5. The van der Waals surface area contributed by atoms with Gasteiger partial charge in [0.2, 0.25) is 5.88 Å². The summed E-state index contributed by atoms with van der Waals surface area (Å²) >= 11 is 0. The van der Waals surface area contributed by atoms with Crippen molar-refractivity contribution in [2.75, 3.05) is 56.2 Å². The maximum absolute atomic E-state index is 10.5. The third kappa shape index (κ3) is 4.99. The zero-order valence-electron chi connectivity index (χ0n) is 22.9. The van der Waals surface area contributed by atoms with Gasteiger partial charge >= 0.3 is 0 Å². The monoisotopic (exact) mass is 537 g/mol. The first-order valence-electron chi connectivity index (χ1n) is 14.2. The van der Waals surface area contributed by atoms with E-state index in [1.807, 2.05) is 24.3 Å². The number of aromatic nitrogens is 1. The molecule has 40 heavy (non-hydrogen) atoms. The van der Waals surface area contributed by atoms with Crippen LogP contribution in [0.5, 0.6) is 11.6 Å². The molecule has 0 spiro atoms. The summed E-state index contributed by atoms with van der Waals surface area (Å²) in [6.07, 6.45) is 3.37. The van der Waals surface area contributed by atoms with Crippen molar-refractivity contribution in [3.63, 3.8) is 0 Å². The second-order valence-electron chi connectivity index (χ2n) is 11.1. The lowest BCUT2D eigenvalue weighted by Gasteiger charge is -2.38. The molecule has 2 saturated heterocycles. The standard InChI is InChI=1S/C31H35N7O2/c1-36-12-4-6-23(36)20-40-31-27(17-33)28-19-37(29-16-24(39)15-21-5-2-3-7-25(21)29)13-9-26(28)30(35-31)38-14-11-34-22(18-38)8-10-32/h2-3,5,7,15-16,22-23,34,39H,4,6,8-9,11-14,18-20H2,1H3/t22-,23+/m1/s1. The van der Waals surface area contributed by atoms with Gasteiger partial charge in [0.25, 0.3) is 0 Å². The molecule has 3 aromatic rings. The van der Waals surface area contributed by atoms with E-state index in [4.69, 9.17) is 9.72 Å². The highest BCUT2D eigenvalue weighted by atomic mass is 16.5. The van der Waals surface area contributed by atoms with Gasteiger partial charge in [0.1, 0.15) is 29.8 Å². The average Bonchev–Trinajstić information content (AvgIpc) is 3.39. The number of aromatic hydroxyl groups is 1. The van der Waals surface area contributed by atoms with E-state index in [-0.39, 0.29) is 11.8 Å². The molecule has 4 heterocycles. The van der Waals surface area contributed by atoms with Crippen LogP contribution in [0.4, 0.5) is 11.5 Å². The Hall–Kier alpha value is -4.05. The lowest BCUT2D eigenvalue weighted by molar-refractivity contribution is 0.192. The number of pyridine rings is 1. The van der Waals surface area contributed by atoms with Crippen LogP contribution in [-0.2, 0) is 13.0 Å². The largest absolute Gasteiger partial charge is 0.508 e. The van der Waals surface area contributed by atoms with Crippen molar-refractivity contribution in [1.29, 1.82) is 10.5 Å². The summed E-state index contributed by atoms with van der Waals surface area (Å²) in [5.41, 5.74) is 3.48. The normalized spacial score (nSPS) is 21.2. The smallest absolute Gasteiger partial charge is 0.234 e. The van der Waals surface area contributed by atoms with Gasteiger partial charge in [-0.3, -0.25) is 0 Å². The number of nitrogens with one attached hydrogen (secondary N) is 1. The Kier molecular flexibility index (Phi) is 7.34. The number of ether oxygens (including phenoxy) is 1. The van der Waals surface area contributed by atoms with Crippen LogP contribution >= 0.6 is 0 Å². The molecule has 0 radical (unpaired) electrons. The van der Waals surface area contributed by atoms with Gasteiger partial charge in [0.05, 0.1) is 12.5 Å². The zero-order chi connectivity index (χ0) is 27.6. The van der Waals surface area contributed by atoms with Gasteiger partial charge < -0.3 is 29.9 Å². The molecule has 6 rings (SSSR count).